The number of esters is 1. The van der Waals surface area contributed by atoms with Gasteiger partial charge in [-0.25, -0.2) is 9.78 Å². The van der Waals surface area contributed by atoms with E-state index in [1.807, 2.05) is 6.07 Å². The van der Waals surface area contributed by atoms with Gasteiger partial charge in [-0.3, -0.25) is 5.10 Å². The van der Waals surface area contributed by atoms with Gasteiger partial charge in [-0.2, -0.15) is 20.6 Å². The number of benzene rings is 1. The molecule has 0 unspecified atom stereocenters. The van der Waals surface area contributed by atoms with Crippen LogP contribution in [0, 0.1) is 11.3 Å². The van der Waals surface area contributed by atoms with E-state index in [1.54, 1.807) is 30.6 Å². The quantitative estimate of drug-likeness (QED) is 0.730. The molecule has 0 saturated heterocycles. The van der Waals surface area contributed by atoms with E-state index < -0.39 is 5.97 Å². The van der Waals surface area contributed by atoms with Gasteiger partial charge in [0.15, 0.2) is 11.6 Å². The Bertz CT molecular complexity index is 898. The molecule has 0 aliphatic rings. The number of nitrogens with one attached hydrogen (secondary N) is 1. The lowest BCUT2D eigenvalue weighted by atomic mass is 10.0. The number of hydrogen-bond donors (Lipinski definition) is 1. The fraction of sp³-hybridized carbons (Fsp3) is 0.0667. The van der Waals surface area contributed by atoms with Crippen LogP contribution >= 0.6 is 0 Å². The number of aromatic nitrogens is 5. The standard InChI is InChI=1S/C15H10N6O2/c1-23-15(22)12-3-2-9(6-11(12)7-16)13-19-14(21-20-13)10-4-5-17-18-8-10/h2-6,8H,1H3,(H,19,20,21). The van der Waals surface area contributed by atoms with Gasteiger partial charge in [0.2, 0.25) is 0 Å². The van der Waals surface area contributed by atoms with Crippen LogP contribution in [0.15, 0.2) is 36.7 Å². The number of methoxy groups -OCH3 is 1. The van der Waals surface area contributed by atoms with Crippen molar-refractivity contribution >= 4 is 5.97 Å². The average molecular weight is 306 g/mol. The van der Waals surface area contributed by atoms with Crippen molar-refractivity contribution in [2.75, 3.05) is 7.11 Å². The molecule has 112 valence electrons. The lowest BCUT2D eigenvalue weighted by Gasteiger charge is -2.03. The lowest BCUT2D eigenvalue weighted by molar-refractivity contribution is 0.0600. The SMILES string of the molecule is COC(=O)c1ccc(-c2nc(-c3ccnnc3)n[nH]2)cc1C#N. The number of rotatable bonds is 3. The molecule has 1 aromatic carbocycles. The third-order valence-corrected chi connectivity index (χ3v) is 3.15. The third-order valence-electron chi connectivity index (χ3n) is 3.15. The molecule has 0 amide bonds. The Morgan fingerprint density at radius 1 is 1.26 bits per heavy atom. The average Bonchev–Trinajstić information content (AvgIpc) is 3.11. The third kappa shape index (κ3) is 2.75. The molecule has 3 rings (SSSR count). The van der Waals surface area contributed by atoms with E-state index in [0.717, 1.165) is 0 Å². The predicted molar refractivity (Wildman–Crippen MR) is 78.9 cm³/mol. The number of nitriles is 1. The Labute approximate surface area is 130 Å². The highest BCUT2D eigenvalue weighted by Crippen LogP contribution is 2.22. The molecule has 1 N–H and O–H groups in total. The second-order valence-electron chi connectivity index (χ2n) is 4.50. The molecule has 0 atom stereocenters. The van der Waals surface area contributed by atoms with Crippen LogP contribution in [0.25, 0.3) is 22.8 Å². The summed E-state index contributed by atoms with van der Waals surface area (Å²) < 4.78 is 4.65. The first kappa shape index (κ1) is 14.3. The van der Waals surface area contributed by atoms with E-state index in [-0.39, 0.29) is 11.1 Å². The van der Waals surface area contributed by atoms with Crippen molar-refractivity contribution < 1.29 is 9.53 Å². The first-order valence-corrected chi connectivity index (χ1v) is 6.55. The molecule has 0 aliphatic heterocycles. The fourth-order valence-corrected chi connectivity index (χ4v) is 2.01. The number of hydrogen-bond acceptors (Lipinski definition) is 7. The predicted octanol–water partition coefficient (Wildman–Crippen LogP) is 1.59. The van der Waals surface area contributed by atoms with Gasteiger partial charge in [-0.15, -0.1) is 0 Å². The summed E-state index contributed by atoms with van der Waals surface area (Å²) in [5, 5.41) is 23.6. The van der Waals surface area contributed by atoms with E-state index in [4.69, 9.17) is 0 Å². The van der Waals surface area contributed by atoms with Crippen LogP contribution in [0.3, 0.4) is 0 Å². The Hall–Kier alpha value is -3.60. The highest BCUT2D eigenvalue weighted by molar-refractivity contribution is 5.92. The minimum atomic E-state index is -0.561. The molecule has 2 heterocycles. The second kappa shape index (κ2) is 6.03. The molecule has 0 saturated carbocycles. The van der Waals surface area contributed by atoms with Crippen LogP contribution in [0.4, 0.5) is 0 Å². The van der Waals surface area contributed by atoms with Gasteiger partial charge in [-0.1, -0.05) is 6.07 Å². The van der Waals surface area contributed by atoms with Crippen molar-refractivity contribution in [3.8, 4) is 28.8 Å². The first-order chi connectivity index (χ1) is 11.2. The van der Waals surface area contributed by atoms with E-state index in [2.05, 4.69) is 30.1 Å². The molecular weight excluding hydrogens is 296 g/mol. The first-order valence-electron chi connectivity index (χ1n) is 6.55. The number of carbonyl (C=O) groups excluding carboxylic acids is 1. The topological polar surface area (TPSA) is 117 Å². The summed E-state index contributed by atoms with van der Waals surface area (Å²) in [6.45, 7) is 0. The molecule has 0 spiro atoms. The normalized spacial score (nSPS) is 10.1. The van der Waals surface area contributed by atoms with Crippen LogP contribution in [0.2, 0.25) is 0 Å². The van der Waals surface area contributed by atoms with Crippen molar-refractivity contribution in [2.45, 2.75) is 0 Å². The number of ether oxygens (including phenoxy) is 1. The van der Waals surface area contributed by atoms with Gasteiger partial charge in [0.25, 0.3) is 0 Å². The minimum absolute atomic E-state index is 0.205. The largest absolute Gasteiger partial charge is 0.465 e. The summed E-state index contributed by atoms with van der Waals surface area (Å²) in [7, 11) is 1.27. The van der Waals surface area contributed by atoms with Gasteiger partial charge in [-0.05, 0) is 18.2 Å². The van der Waals surface area contributed by atoms with E-state index in [9.17, 15) is 10.1 Å². The number of carbonyl (C=O) groups is 1. The van der Waals surface area contributed by atoms with Gasteiger partial charge >= 0.3 is 5.97 Å². The molecule has 8 heteroatoms. The van der Waals surface area contributed by atoms with Crippen LogP contribution in [0.1, 0.15) is 15.9 Å². The van der Waals surface area contributed by atoms with Gasteiger partial charge in [0.05, 0.1) is 30.6 Å². The molecule has 3 aromatic rings. The van der Waals surface area contributed by atoms with E-state index in [1.165, 1.54) is 13.2 Å². The molecule has 2 aromatic heterocycles. The summed E-state index contributed by atoms with van der Waals surface area (Å²) in [4.78, 5) is 16.0. The second-order valence-corrected chi connectivity index (χ2v) is 4.50. The Kier molecular flexibility index (Phi) is 3.76. The highest BCUT2D eigenvalue weighted by atomic mass is 16.5. The summed E-state index contributed by atoms with van der Waals surface area (Å²) in [5.74, 6) is 0.379. The van der Waals surface area contributed by atoms with Gasteiger partial charge in [0, 0.05) is 11.1 Å². The zero-order valence-electron chi connectivity index (χ0n) is 12.0. The van der Waals surface area contributed by atoms with Crippen molar-refractivity contribution in [2.24, 2.45) is 0 Å². The number of nitrogens with zero attached hydrogens (tertiary/aromatic N) is 5. The van der Waals surface area contributed by atoms with Gasteiger partial charge in [0.1, 0.15) is 6.07 Å². The Morgan fingerprint density at radius 3 is 2.83 bits per heavy atom. The van der Waals surface area contributed by atoms with Crippen molar-refractivity contribution in [1.82, 2.24) is 25.4 Å². The van der Waals surface area contributed by atoms with Crippen molar-refractivity contribution in [1.29, 1.82) is 5.26 Å². The highest BCUT2D eigenvalue weighted by Gasteiger charge is 2.14. The Morgan fingerprint density at radius 2 is 2.13 bits per heavy atom. The van der Waals surface area contributed by atoms with Gasteiger partial charge < -0.3 is 4.74 Å². The summed E-state index contributed by atoms with van der Waals surface area (Å²) >= 11 is 0. The van der Waals surface area contributed by atoms with Crippen molar-refractivity contribution in [3.63, 3.8) is 0 Å². The zero-order chi connectivity index (χ0) is 16.2. The van der Waals surface area contributed by atoms with Crippen LogP contribution in [0.5, 0.6) is 0 Å². The zero-order valence-corrected chi connectivity index (χ0v) is 12.0. The maximum absolute atomic E-state index is 11.6. The Balaban J connectivity index is 1.99. The maximum Gasteiger partial charge on any atom is 0.339 e. The van der Waals surface area contributed by atoms with Crippen molar-refractivity contribution in [3.05, 3.63) is 47.8 Å². The van der Waals surface area contributed by atoms with E-state index in [0.29, 0.717) is 22.8 Å². The number of aromatic amines is 1. The van der Waals surface area contributed by atoms with Crippen LogP contribution < -0.4 is 0 Å². The number of H-pyrrole nitrogens is 1. The molecule has 23 heavy (non-hydrogen) atoms. The lowest BCUT2D eigenvalue weighted by Crippen LogP contribution is -2.04. The molecule has 0 radical (unpaired) electrons. The van der Waals surface area contributed by atoms with Crippen LogP contribution in [-0.2, 0) is 4.74 Å². The molecule has 8 nitrogen and oxygen atoms in total. The molecule has 0 aliphatic carbocycles. The summed E-state index contributed by atoms with van der Waals surface area (Å²) in [5.41, 5.74) is 1.76. The monoisotopic (exact) mass is 306 g/mol. The summed E-state index contributed by atoms with van der Waals surface area (Å²) in [6, 6.07) is 8.46. The minimum Gasteiger partial charge on any atom is -0.465 e. The van der Waals surface area contributed by atoms with E-state index >= 15 is 0 Å². The fourth-order valence-electron chi connectivity index (χ4n) is 2.01. The molecule has 0 bridgehead atoms. The van der Waals surface area contributed by atoms with Crippen LogP contribution in [-0.4, -0.2) is 38.5 Å². The molecule has 0 fully saturated rings. The molecular formula is C15H10N6O2. The smallest absolute Gasteiger partial charge is 0.339 e. The maximum atomic E-state index is 11.6. The summed E-state index contributed by atoms with van der Waals surface area (Å²) in [6.07, 6.45) is 3.10.